The third kappa shape index (κ3) is 8.63. The minimum absolute atomic E-state index is 0. The molecule has 0 spiro atoms. The maximum atomic E-state index is 13.9. The lowest BCUT2D eigenvalue weighted by Crippen LogP contribution is -2.46. The zero-order valence-electron chi connectivity index (χ0n) is 26.9. The third-order valence-corrected chi connectivity index (χ3v) is 11.0. The number of rotatable bonds is 12. The van der Waals surface area contributed by atoms with Crippen molar-refractivity contribution in [1.29, 1.82) is 5.41 Å². The number of amidine groups is 1. The van der Waals surface area contributed by atoms with Gasteiger partial charge in [0.1, 0.15) is 34.6 Å². The second-order valence-corrected chi connectivity index (χ2v) is 14.2. The molecule has 1 aliphatic rings. The Bertz CT molecular complexity index is 1990. The number of hydrogen-bond donors (Lipinski definition) is 4. The fourth-order valence-electron chi connectivity index (χ4n) is 5.68. The van der Waals surface area contributed by atoms with Gasteiger partial charge < -0.3 is 21.1 Å². The number of amides is 2. The number of nitrogens with one attached hydrogen (secondary N) is 3. The highest BCUT2D eigenvalue weighted by molar-refractivity contribution is 7.89. The van der Waals surface area contributed by atoms with Crippen molar-refractivity contribution in [1.82, 2.24) is 14.6 Å². The van der Waals surface area contributed by atoms with Crippen molar-refractivity contribution in [3.63, 3.8) is 0 Å². The average molecular weight is 748 g/mol. The molecule has 2 heterocycles. The molecule has 2 amide bonds. The van der Waals surface area contributed by atoms with Crippen LogP contribution in [-0.4, -0.2) is 54.5 Å². The minimum atomic E-state index is -4.19. The van der Waals surface area contributed by atoms with E-state index in [4.69, 9.17) is 39.1 Å². The van der Waals surface area contributed by atoms with Gasteiger partial charge in [-0.2, -0.15) is 4.31 Å². The normalized spacial score (nSPS) is 14.7. The number of fused-ring (bicyclic) bond motifs is 1. The molecule has 1 atom stereocenters. The molecule has 0 saturated carbocycles. The summed E-state index contributed by atoms with van der Waals surface area (Å²) in [7, 11) is -4.19. The topological polar surface area (TPSA) is 168 Å². The summed E-state index contributed by atoms with van der Waals surface area (Å²) in [5.74, 6) is -0.247. The van der Waals surface area contributed by atoms with E-state index in [1.807, 2.05) is 32.0 Å². The smallest absolute Gasteiger partial charge is 0.245 e. The van der Waals surface area contributed by atoms with E-state index in [0.29, 0.717) is 47.3 Å². The molecule has 260 valence electrons. The molecule has 15 heteroatoms. The predicted molar refractivity (Wildman–Crippen MR) is 195 cm³/mol. The fourth-order valence-corrected chi connectivity index (χ4v) is 8.20. The Kier molecular flexibility index (Phi) is 12.5. The number of aryl methyl sites for hydroxylation is 2. The first kappa shape index (κ1) is 37.9. The van der Waals surface area contributed by atoms with Crippen LogP contribution in [-0.2, 0) is 26.2 Å². The Morgan fingerprint density at radius 2 is 1.84 bits per heavy atom. The van der Waals surface area contributed by atoms with Gasteiger partial charge in [-0.3, -0.25) is 15.0 Å². The van der Waals surface area contributed by atoms with Crippen LogP contribution in [0.3, 0.4) is 0 Å². The first-order valence-electron chi connectivity index (χ1n) is 15.4. The number of nitrogens with two attached hydrogens (primary N) is 1. The summed E-state index contributed by atoms with van der Waals surface area (Å²) in [5.41, 5.74) is 9.43. The molecule has 5 N–H and O–H groups in total. The van der Waals surface area contributed by atoms with E-state index in [1.165, 1.54) is 16.4 Å². The van der Waals surface area contributed by atoms with Crippen LogP contribution in [0, 0.1) is 19.3 Å². The largest absolute Gasteiger partial charge is 0.487 e. The maximum absolute atomic E-state index is 13.9. The van der Waals surface area contributed by atoms with Crippen LogP contribution in [0.5, 0.6) is 5.75 Å². The van der Waals surface area contributed by atoms with Crippen LogP contribution in [0.4, 0.5) is 5.69 Å². The monoisotopic (exact) mass is 746 g/mol. The van der Waals surface area contributed by atoms with Gasteiger partial charge in [-0.05, 0) is 87.2 Å². The number of para-hydroxylation sites is 1. The third-order valence-electron chi connectivity index (χ3n) is 8.11. The van der Waals surface area contributed by atoms with Gasteiger partial charge in [-0.15, -0.1) is 12.4 Å². The lowest BCUT2D eigenvalue weighted by molar-refractivity contribution is -0.124. The second-order valence-electron chi connectivity index (χ2n) is 11.6. The van der Waals surface area contributed by atoms with Crippen LogP contribution in [0.15, 0.2) is 65.6 Å². The number of pyridine rings is 1. The van der Waals surface area contributed by atoms with E-state index in [-0.39, 0.29) is 65.2 Å². The van der Waals surface area contributed by atoms with Crippen LogP contribution in [0.2, 0.25) is 10.0 Å². The minimum Gasteiger partial charge on any atom is -0.487 e. The number of nitrogen functional groups attached to an aromatic ring is 1. The fraction of sp³-hybridized carbons (Fsp3) is 0.294. The molecular formula is C34H37Cl3N6O5S. The molecule has 1 fully saturated rings. The van der Waals surface area contributed by atoms with Crippen molar-refractivity contribution in [2.45, 2.75) is 57.1 Å². The Labute approximate surface area is 301 Å². The molecular weight excluding hydrogens is 711 g/mol. The highest BCUT2D eigenvalue weighted by Gasteiger charge is 2.40. The Morgan fingerprint density at radius 3 is 2.55 bits per heavy atom. The van der Waals surface area contributed by atoms with Crippen molar-refractivity contribution >= 4 is 79.9 Å². The number of benzene rings is 3. The lowest BCUT2D eigenvalue weighted by Gasteiger charge is -2.24. The molecule has 0 unspecified atom stereocenters. The summed E-state index contributed by atoms with van der Waals surface area (Å²) in [5, 5.41) is 14.1. The summed E-state index contributed by atoms with van der Waals surface area (Å²) in [6, 6.07) is 16.0. The molecule has 1 aliphatic heterocycles. The average Bonchev–Trinajstić information content (AvgIpc) is 3.55. The number of nitrogens with zero attached hydrogens (tertiary/aromatic N) is 2. The van der Waals surface area contributed by atoms with Gasteiger partial charge in [-0.1, -0.05) is 35.3 Å². The zero-order valence-corrected chi connectivity index (χ0v) is 30.0. The van der Waals surface area contributed by atoms with E-state index in [9.17, 15) is 18.0 Å². The molecule has 1 aromatic heterocycles. The van der Waals surface area contributed by atoms with Gasteiger partial charge in [0.15, 0.2) is 0 Å². The summed E-state index contributed by atoms with van der Waals surface area (Å²) in [6.07, 6.45) is 1.33. The summed E-state index contributed by atoms with van der Waals surface area (Å²) >= 11 is 13.2. The summed E-state index contributed by atoms with van der Waals surface area (Å²) in [6.45, 7) is 4.13. The van der Waals surface area contributed by atoms with Crippen LogP contribution in [0.25, 0.3) is 10.9 Å². The maximum Gasteiger partial charge on any atom is 0.245 e. The number of anilines is 1. The number of sulfonamides is 1. The van der Waals surface area contributed by atoms with Gasteiger partial charge in [0.25, 0.3) is 0 Å². The number of hydrogen-bond acceptors (Lipinski definition) is 7. The van der Waals surface area contributed by atoms with Gasteiger partial charge in [-0.25, -0.2) is 13.4 Å². The summed E-state index contributed by atoms with van der Waals surface area (Å²) < 4.78 is 35.1. The molecule has 49 heavy (non-hydrogen) atoms. The zero-order chi connectivity index (χ0) is 34.6. The molecule has 5 rings (SSSR count). The van der Waals surface area contributed by atoms with E-state index in [1.54, 1.807) is 30.3 Å². The molecule has 1 saturated heterocycles. The Morgan fingerprint density at radius 1 is 1.10 bits per heavy atom. The lowest BCUT2D eigenvalue weighted by atomic mass is 10.1. The van der Waals surface area contributed by atoms with E-state index in [0.717, 1.165) is 16.6 Å². The number of carbonyl (C=O) groups excluding carboxylic acids is 2. The predicted octanol–water partition coefficient (Wildman–Crippen LogP) is 6.13. The van der Waals surface area contributed by atoms with Gasteiger partial charge in [0.2, 0.25) is 21.8 Å². The van der Waals surface area contributed by atoms with Gasteiger partial charge in [0, 0.05) is 52.4 Å². The number of carbonyl (C=O) groups is 2. The molecule has 4 aromatic rings. The standard InChI is InChI=1S/C34H36Cl2N6O5S.ClH/c1-20-18-21(2)40-32-24(20)6-3-8-28(32)47-19-25-26(35)14-15-29(31(25)36)48(45,46)42-17-5-7-27(42)34(44)39-16-4-9-30(43)41-23-12-10-22(11-13-23)33(37)38;/h3,6,8,10-15,18,27H,4-5,7,9,16-17,19H2,1-2H3,(H3,37,38)(H,39,44)(H,41,43);1H/t27-;/m0./s1. The van der Waals surface area contributed by atoms with Crippen LogP contribution in [0.1, 0.15) is 48.1 Å². The highest BCUT2D eigenvalue weighted by Crippen LogP contribution is 2.36. The van der Waals surface area contributed by atoms with Crippen LogP contribution >= 0.6 is 35.6 Å². The first-order valence-corrected chi connectivity index (χ1v) is 17.6. The van der Waals surface area contributed by atoms with E-state index in [2.05, 4.69) is 15.6 Å². The van der Waals surface area contributed by atoms with Gasteiger partial charge in [0.05, 0.1) is 5.02 Å². The number of ether oxygens (including phenoxy) is 1. The van der Waals surface area contributed by atoms with Gasteiger partial charge >= 0.3 is 0 Å². The quantitative estimate of drug-likeness (QED) is 0.0768. The molecule has 11 nitrogen and oxygen atoms in total. The van der Waals surface area contributed by atoms with E-state index >= 15 is 0 Å². The van der Waals surface area contributed by atoms with E-state index < -0.39 is 22.0 Å². The number of aromatic nitrogens is 1. The van der Waals surface area contributed by atoms with Crippen molar-refractivity contribution in [3.8, 4) is 5.75 Å². The summed E-state index contributed by atoms with van der Waals surface area (Å²) in [4.78, 5) is 30.0. The number of halogens is 3. The Balaban J connectivity index is 0.00000541. The van der Waals surface area contributed by atoms with Crippen LogP contribution < -0.4 is 21.1 Å². The highest BCUT2D eigenvalue weighted by atomic mass is 35.5. The first-order chi connectivity index (χ1) is 22.9. The molecule has 3 aromatic carbocycles. The molecule has 0 radical (unpaired) electrons. The Hall–Kier alpha value is -3.94. The SMILES string of the molecule is Cc1cc(C)c2cccc(OCc3c(Cl)ccc(S(=O)(=O)N4CCC[C@H]4C(=O)NCCCC(=O)Nc4ccc(C(=N)N)cc4)c3Cl)c2n1.Cl. The van der Waals surface area contributed by atoms with Crippen molar-refractivity contribution < 1.29 is 22.7 Å². The molecule has 0 bridgehead atoms. The van der Waals surface area contributed by atoms with Crippen molar-refractivity contribution in [2.75, 3.05) is 18.4 Å². The molecule has 0 aliphatic carbocycles. The van der Waals surface area contributed by atoms with Crippen molar-refractivity contribution in [3.05, 3.63) is 93.1 Å². The van der Waals surface area contributed by atoms with Crippen molar-refractivity contribution in [2.24, 2.45) is 5.73 Å². The second kappa shape index (κ2) is 16.2.